The summed E-state index contributed by atoms with van der Waals surface area (Å²) in [6.45, 7) is 0.0149. The van der Waals surface area contributed by atoms with Gasteiger partial charge in [-0.2, -0.15) is 0 Å². The van der Waals surface area contributed by atoms with Gasteiger partial charge in [0.15, 0.2) is 0 Å². The molecule has 7 nitrogen and oxygen atoms in total. The van der Waals surface area contributed by atoms with Gasteiger partial charge in [0.25, 0.3) is 5.91 Å². The van der Waals surface area contributed by atoms with Crippen LogP contribution in [-0.4, -0.2) is 39.7 Å². The Morgan fingerprint density at radius 3 is 2.68 bits per heavy atom. The number of halogens is 1. The molecule has 0 radical (unpaired) electrons. The molecular weight excluding hydrogens is 295 g/mol. The van der Waals surface area contributed by atoms with Crippen LogP contribution in [0.3, 0.4) is 0 Å². The van der Waals surface area contributed by atoms with E-state index in [0.717, 1.165) is 6.07 Å². The van der Waals surface area contributed by atoms with Gasteiger partial charge in [0.05, 0.1) is 5.56 Å². The zero-order valence-corrected chi connectivity index (χ0v) is 11.3. The van der Waals surface area contributed by atoms with Crippen molar-refractivity contribution in [2.45, 2.75) is 25.4 Å². The highest BCUT2D eigenvalue weighted by atomic mass is 19.1. The number of fused-ring (bicyclic) bond motifs is 1. The minimum Gasteiger partial charge on any atom is -0.478 e. The first-order valence-corrected chi connectivity index (χ1v) is 6.59. The first-order valence-electron chi connectivity index (χ1n) is 6.59. The number of nitrogens with one attached hydrogen (secondary N) is 1. The Morgan fingerprint density at radius 1 is 1.32 bits per heavy atom. The van der Waals surface area contributed by atoms with Crippen molar-refractivity contribution in [3.05, 3.63) is 34.6 Å². The molecule has 2 N–H and O–H groups in total. The fraction of sp³-hybridized carbons (Fsp3) is 0.286. The summed E-state index contributed by atoms with van der Waals surface area (Å²) >= 11 is 0. The van der Waals surface area contributed by atoms with Crippen LogP contribution in [0.2, 0.25) is 0 Å². The number of piperidine rings is 1. The average molecular weight is 306 g/mol. The monoisotopic (exact) mass is 306 g/mol. The summed E-state index contributed by atoms with van der Waals surface area (Å²) in [7, 11) is 0. The quantitative estimate of drug-likeness (QED) is 0.764. The molecule has 3 rings (SSSR count). The van der Waals surface area contributed by atoms with Crippen molar-refractivity contribution in [1.82, 2.24) is 10.2 Å². The molecule has 22 heavy (non-hydrogen) atoms. The summed E-state index contributed by atoms with van der Waals surface area (Å²) in [5.41, 5.74) is -0.553. The van der Waals surface area contributed by atoms with Crippen LogP contribution < -0.4 is 5.32 Å². The topological polar surface area (TPSA) is 104 Å². The molecule has 0 spiro atoms. The minimum atomic E-state index is -1.53. The zero-order valence-electron chi connectivity index (χ0n) is 11.3. The summed E-state index contributed by atoms with van der Waals surface area (Å²) in [6, 6.07) is 1.46. The number of carboxylic acid groups (broad SMARTS) is 1. The first-order chi connectivity index (χ1) is 10.4. The molecule has 2 aliphatic rings. The Kier molecular flexibility index (Phi) is 3.16. The van der Waals surface area contributed by atoms with E-state index in [4.69, 9.17) is 5.11 Å². The van der Waals surface area contributed by atoms with Crippen molar-refractivity contribution >= 4 is 23.7 Å². The number of imide groups is 1. The maximum atomic E-state index is 13.7. The van der Waals surface area contributed by atoms with Crippen molar-refractivity contribution in [2.75, 3.05) is 0 Å². The van der Waals surface area contributed by atoms with Crippen LogP contribution in [0.15, 0.2) is 12.1 Å². The lowest BCUT2D eigenvalue weighted by atomic mass is 10.0. The molecule has 1 fully saturated rings. The lowest BCUT2D eigenvalue weighted by Crippen LogP contribution is -2.52. The van der Waals surface area contributed by atoms with Gasteiger partial charge in [-0.1, -0.05) is 6.07 Å². The molecule has 3 amide bonds. The largest absolute Gasteiger partial charge is 0.478 e. The molecule has 1 aromatic rings. The Labute approximate surface area is 123 Å². The van der Waals surface area contributed by atoms with E-state index in [1.807, 2.05) is 0 Å². The fourth-order valence-corrected chi connectivity index (χ4v) is 2.84. The van der Waals surface area contributed by atoms with Gasteiger partial charge in [-0.25, -0.2) is 9.18 Å². The number of benzene rings is 1. The molecule has 1 unspecified atom stereocenters. The number of carboxylic acids is 1. The van der Waals surface area contributed by atoms with Crippen LogP contribution >= 0.6 is 0 Å². The van der Waals surface area contributed by atoms with Gasteiger partial charge in [-0.15, -0.1) is 0 Å². The highest BCUT2D eigenvalue weighted by molar-refractivity contribution is 6.10. The molecule has 1 atom stereocenters. The van der Waals surface area contributed by atoms with Gasteiger partial charge >= 0.3 is 5.97 Å². The number of carbonyl (C=O) groups is 4. The standard InChI is InChI=1S/C14H11FN2O5/c15-7-2-1-6-5-17(8-3-4-9(18)16-12(8)19)13(20)10(6)11(7)14(21)22/h1-2,8H,3-5H2,(H,21,22)(H,16,18,19). The highest BCUT2D eigenvalue weighted by Crippen LogP contribution is 2.31. The zero-order chi connectivity index (χ0) is 16.0. The molecule has 0 aliphatic carbocycles. The van der Waals surface area contributed by atoms with Gasteiger partial charge in [0.2, 0.25) is 11.8 Å². The SMILES string of the molecule is O=C1CCC(N2Cc3ccc(F)c(C(=O)O)c3C2=O)C(=O)N1. The molecular formula is C14H11FN2O5. The highest BCUT2D eigenvalue weighted by Gasteiger charge is 2.41. The Bertz CT molecular complexity index is 730. The lowest BCUT2D eigenvalue weighted by molar-refractivity contribution is -0.136. The third-order valence-electron chi connectivity index (χ3n) is 3.86. The number of hydrogen-bond donors (Lipinski definition) is 2. The summed E-state index contributed by atoms with van der Waals surface area (Å²) in [4.78, 5) is 47.8. The molecule has 2 aliphatic heterocycles. The maximum absolute atomic E-state index is 13.7. The number of carbonyl (C=O) groups excluding carboxylic acids is 3. The summed E-state index contributed by atoms with van der Waals surface area (Å²) in [6.07, 6.45) is 0.256. The van der Waals surface area contributed by atoms with E-state index in [1.165, 1.54) is 11.0 Å². The normalized spacial score (nSPS) is 20.9. The summed E-state index contributed by atoms with van der Waals surface area (Å²) in [5, 5.41) is 11.2. The van der Waals surface area contributed by atoms with Crippen LogP contribution in [0.25, 0.3) is 0 Å². The van der Waals surface area contributed by atoms with Gasteiger partial charge in [-0.05, 0) is 18.1 Å². The third kappa shape index (κ3) is 2.03. The summed E-state index contributed by atoms with van der Waals surface area (Å²) in [5.74, 6) is -4.25. The van der Waals surface area contributed by atoms with E-state index in [-0.39, 0.29) is 24.9 Å². The van der Waals surface area contributed by atoms with Crippen molar-refractivity contribution < 1.29 is 28.7 Å². The number of hydrogen-bond acceptors (Lipinski definition) is 4. The molecule has 1 saturated heterocycles. The van der Waals surface area contributed by atoms with E-state index < -0.39 is 41.1 Å². The second kappa shape index (κ2) is 4.90. The van der Waals surface area contributed by atoms with E-state index in [9.17, 15) is 23.6 Å². The van der Waals surface area contributed by atoms with Crippen LogP contribution in [-0.2, 0) is 16.1 Å². The lowest BCUT2D eigenvalue weighted by Gasteiger charge is -2.29. The minimum absolute atomic E-state index is 0.0149. The number of nitrogens with zero attached hydrogens (tertiary/aromatic N) is 1. The first kappa shape index (κ1) is 14.2. The predicted octanol–water partition coefficient (Wildman–Crippen LogP) is 0.285. The number of rotatable bonds is 2. The van der Waals surface area contributed by atoms with Crippen LogP contribution in [0.4, 0.5) is 4.39 Å². The molecule has 8 heteroatoms. The Hall–Kier alpha value is -2.77. The average Bonchev–Trinajstić information content (AvgIpc) is 2.76. The number of amides is 3. The predicted molar refractivity (Wildman–Crippen MR) is 69.4 cm³/mol. The van der Waals surface area contributed by atoms with Gasteiger partial charge in [0.1, 0.15) is 17.4 Å². The Balaban J connectivity index is 1.98. The summed E-state index contributed by atoms with van der Waals surface area (Å²) < 4.78 is 13.7. The van der Waals surface area contributed by atoms with Gasteiger partial charge in [-0.3, -0.25) is 19.7 Å². The molecule has 0 bridgehead atoms. The second-order valence-electron chi connectivity index (χ2n) is 5.16. The third-order valence-corrected chi connectivity index (χ3v) is 3.86. The fourth-order valence-electron chi connectivity index (χ4n) is 2.84. The van der Waals surface area contributed by atoms with E-state index >= 15 is 0 Å². The van der Waals surface area contributed by atoms with Crippen molar-refractivity contribution in [3.63, 3.8) is 0 Å². The van der Waals surface area contributed by atoms with Crippen molar-refractivity contribution in [2.24, 2.45) is 0 Å². The second-order valence-corrected chi connectivity index (χ2v) is 5.16. The van der Waals surface area contributed by atoms with E-state index in [1.54, 1.807) is 0 Å². The molecule has 0 aromatic heterocycles. The van der Waals surface area contributed by atoms with E-state index in [0.29, 0.717) is 5.56 Å². The van der Waals surface area contributed by atoms with E-state index in [2.05, 4.69) is 5.32 Å². The molecule has 0 saturated carbocycles. The van der Waals surface area contributed by atoms with Crippen LogP contribution in [0.5, 0.6) is 0 Å². The van der Waals surface area contributed by atoms with Crippen molar-refractivity contribution in [1.29, 1.82) is 0 Å². The molecule has 114 valence electrons. The maximum Gasteiger partial charge on any atom is 0.339 e. The van der Waals surface area contributed by atoms with Crippen LogP contribution in [0.1, 0.15) is 39.1 Å². The molecule has 2 heterocycles. The van der Waals surface area contributed by atoms with Crippen LogP contribution in [0, 0.1) is 5.82 Å². The smallest absolute Gasteiger partial charge is 0.339 e. The number of aromatic carboxylic acids is 1. The van der Waals surface area contributed by atoms with Gasteiger partial charge in [0, 0.05) is 13.0 Å². The Morgan fingerprint density at radius 2 is 2.05 bits per heavy atom. The van der Waals surface area contributed by atoms with Gasteiger partial charge < -0.3 is 10.0 Å². The van der Waals surface area contributed by atoms with Crippen molar-refractivity contribution in [3.8, 4) is 0 Å². The molecule has 1 aromatic carbocycles.